The first-order valence-corrected chi connectivity index (χ1v) is 9.36. The van der Waals surface area contributed by atoms with E-state index in [2.05, 4.69) is 64.1 Å². The van der Waals surface area contributed by atoms with Crippen molar-refractivity contribution >= 4 is 35.9 Å². The second-order valence-electron chi connectivity index (χ2n) is 8.47. The minimum atomic E-state index is -0.340. The molecule has 6 heteroatoms. The van der Waals surface area contributed by atoms with Gasteiger partial charge in [0, 0.05) is 0 Å². The topological polar surface area (TPSA) is 36.9 Å². The van der Waals surface area contributed by atoms with Gasteiger partial charge < -0.3 is 18.6 Å². The lowest BCUT2D eigenvalue weighted by molar-refractivity contribution is 0.00578. The van der Waals surface area contributed by atoms with Gasteiger partial charge in [-0.3, -0.25) is 0 Å². The highest BCUT2D eigenvalue weighted by Gasteiger charge is 2.51. The first-order chi connectivity index (χ1) is 12.2. The third-order valence-corrected chi connectivity index (χ3v) is 6.02. The molecule has 2 atom stereocenters. The zero-order valence-corrected chi connectivity index (χ0v) is 16.4. The van der Waals surface area contributed by atoms with Crippen molar-refractivity contribution in [2.75, 3.05) is 0 Å². The maximum absolute atomic E-state index is 6.17. The summed E-state index contributed by atoms with van der Waals surface area (Å²) in [5.74, 6) is 0. The van der Waals surface area contributed by atoms with Gasteiger partial charge in [-0.25, -0.2) is 0 Å². The summed E-state index contributed by atoms with van der Waals surface area (Å²) in [6, 6.07) is 12.7. The molecule has 2 aliphatic rings. The Hall–Kier alpha value is -1.33. The van der Waals surface area contributed by atoms with Crippen molar-refractivity contribution in [1.82, 2.24) is 0 Å². The molecule has 2 aliphatic heterocycles. The molecule has 0 saturated carbocycles. The average molecular weight is 352 g/mol. The maximum Gasteiger partial charge on any atom is 0.494 e. The molecule has 0 amide bonds. The molecular weight excluding hydrogens is 326 g/mol. The molecule has 2 saturated heterocycles. The van der Waals surface area contributed by atoms with E-state index in [0.717, 1.165) is 21.7 Å². The standard InChI is InChI=1S/C20H26B2O4/c1-13-14(2)24-21(23-13)17-9-7-16-12-18(10-8-15(16)11-17)22-25-19(3,4)20(5,6)26-22/h7-14H,1-6H3. The Morgan fingerprint density at radius 3 is 1.58 bits per heavy atom. The molecule has 2 heterocycles. The first kappa shape index (κ1) is 18.1. The molecule has 0 radical (unpaired) electrons. The van der Waals surface area contributed by atoms with Gasteiger partial charge in [0.25, 0.3) is 0 Å². The van der Waals surface area contributed by atoms with E-state index in [-0.39, 0.29) is 37.6 Å². The van der Waals surface area contributed by atoms with Gasteiger partial charge in [0.05, 0.1) is 23.4 Å². The third kappa shape index (κ3) is 2.99. The molecule has 26 heavy (non-hydrogen) atoms. The van der Waals surface area contributed by atoms with Gasteiger partial charge in [0.15, 0.2) is 0 Å². The summed E-state index contributed by atoms with van der Waals surface area (Å²) in [5, 5.41) is 2.31. The average Bonchev–Trinajstić information content (AvgIpc) is 3.02. The van der Waals surface area contributed by atoms with Crippen molar-refractivity contribution < 1.29 is 18.6 Å². The van der Waals surface area contributed by atoms with Crippen LogP contribution in [-0.2, 0) is 18.6 Å². The summed E-state index contributed by atoms with van der Waals surface area (Å²) in [6.45, 7) is 12.4. The lowest BCUT2D eigenvalue weighted by Gasteiger charge is -2.32. The molecule has 2 fully saturated rings. The van der Waals surface area contributed by atoms with Crippen LogP contribution in [0.4, 0.5) is 0 Å². The smallest absolute Gasteiger partial charge is 0.402 e. The van der Waals surface area contributed by atoms with Gasteiger partial charge >= 0.3 is 14.2 Å². The SMILES string of the molecule is CC1OB(c2ccc3cc(B4OC(C)(C)C(C)(C)O4)ccc3c2)OC1C. The predicted octanol–water partition coefficient (Wildman–Crippen LogP) is 2.66. The molecule has 0 spiro atoms. The Balaban J connectivity index is 1.60. The van der Waals surface area contributed by atoms with Crippen molar-refractivity contribution in [3.8, 4) is 0 Å². The van der Waals surface area contributed by atoms with Gasteiger partial charge in [-0.1, -0.05) is 36.4 Å². The quantitative estimate of drug-likeness (QED) is 0.779. The fraction of sp³-hybridized carbons (Fsp3) is 0.500. The van der Waals surface area contributed by atoms with E-state index in [4.69, 9.17) is 18.6 Å². The van der Waals surface area contributed by atoms with Gasteiger partial charge in [0.1, 0.15) is 0 Å². The molecule has 0 aromatic heterocycles. The second kappa shape index (κ2) is 6.10. The fourth-order valence-corrected chi connectivity index (χ4v) is 3.36. The number of hydrogen-bond donors (Lipinski definition) is 0. The maximum atomic E-state index is 6.17. The van der Waals surface area contributed by atoms with Crippen LogP contribution in [0.3, 0.4) is 0 Å². The molecule has 2 aromatic carbocycles. The van der Waals surface area contributed by atoms with Crippen LogP contribution in [0.1, 0.15) is 41.5 Å². The monoisotopic (exact) mass is 352 g/mol. The van der Waals surface area contributed by atoms with Crippen LogP contribution in [0.2, 0.25) is 0 Å². The summed E-state index contributed by atoms with van der Waals surface area (Å²) >= 11 is 0. The molecule has 136 valence electrons. The number of benzene rings is 2. The fourth-order valence-electron chi connectivity index (χ4n) is 3.36. The first-order valence-electron chi connectivity index (χ1n) is 9.36. The summed E-state index contributed by atoms with van der Waals surface area (Å²) in [4.78, 5) is 0. The van der Waals surface area contributed by atoms with Crippen molar-refractivity contribution in [3.63, 3.8) is 0 Å². The Morgan fingerprint density at radius 1 is 0.692 bits per heavy atom. The van der Waals surface area contributed by atoms with E-state index in [1.165, 1.54) is 0 Å². The predicted molar refractivity (Wildman–Crippen MR) is 106 cm³/mol. The zero-order chi connectivity index (χ0) is 18.7. The van der Waals surface area contributed by atoms with Crippen molar-refractivity contribution in [3.05, 3.63) is 36.4 Å². The molecule has 0 aliphatic carbocycles. The van der Waals surface area contributed by atoms with Crippen LogP contribution in [0, 0.1) is 0 Å². The number of fused-ring (bicyclic) bond motifs is 1. The number of rotatable bonds is 2. The van der Waals surface area contributed by atoms with Crippen LogP contribution in [0.25, 0.3) is 10.8 Å². The molecule has 2 unspecified atom stereocenters. The normalized spacial score (nSPS) is 27.5. The van der Waals surface area contributed by atoms with Gasteiger partial charge in [-0.2, -0.15) is 0 Å². The largest absolute Gasteiger partial charge is 0.494 e. The Bertz CT molecular complexity index is 810. The Labute approximate surface area is 156 Å². The van der Waals surface area contributed by atoms with E-state index in [1.807, 2.05) is 13.8 Å². The van der Waals surface area contributed by atoms with E-state index in [9.17, 15) is 0 Å². The summed E-state index contributed by atoms with van der Waals surface area (Å²) < 4.78 is 24.1. The summed E-state index contributed by atoms with van der Waals surface area (Å²) in [7, 11) is -0.626. The van der Waals surface area contributed by atoms with E-state index in [1.54, 1.807) is 0 Å². The Morgan fingerprint density at radius 2 is 1.12 bits per heavy atom. The molecule has 0 N–H and O–H groups in total. The molecular formula is C20H26B2O4. The molecule has 2 aromatic rings. The zero-order valence-electron chi connectivity index (χ0n) is 16.4. The van der Waals surface area contributed by atoms with E-state index < -0.39 is 0 Å². The summed E-state index contributed by atoms with van der Waals surface area (Å²) in [6.07, 6.45) is 0.225. The molecule has 4 rings (SSSR count). The second-order valence-corrected chi connectivity index (χ2v) is 8.47. The lowest BCUT2D eigenvalue weighted by atomic mass is 9.76. The van der Waals surface area contributed by atoms with Crippen LogP contribution >= 0.6 is 0 Å². The minimum Gasteiger partial charge on any atom is -0.402 e. The van der Waals surface area contributed by atoms with E-state index >= 15 is 0 Å². The van der Waals surface area contributed by atoms with Crippen LogP contribution in [0.5, 0.6) is 0 Å². The van der Waals surface area contributed by atoms with Gasteiger partial charge in [0.2, 0.25) is 0 Å². The van der Waals surface area contributed by atoms with Gasteiger partial charge in [-0.15, -0.1) is 0 Å². The van der Waals surface area contributed by atoms with E-state index in [0.29, 0.717) is 0 Å². The van der Waals surface area contributed by atoms with Crippen molar-refractivity contribution in [2.45, 2.75) is 65.0 Å². The van der Waals surface area contributed by atoms with Crippen LogP contribution < -0.4 is 10.9 Å². The van der Waals surface area contributed by atoms with Crippen LogP contribution in [0.15, 0.2) is 36.4 Å². The number of hydrogen-bond acceptors (Lipinski definition) is 4. The lowest BCUT2D eigenvalue weighted by Crippen LogP contribution is -2.41. The van der Waals surface area contributed by atoms with Crippen LogP contribution in [-0.4, -0.2) is 37.6 Å². The molecule has 0 bridgehead atoms. The minimum absolute atomic E-state index is 0.112. The van der Waals surface area contributed by atoms with Crippen molar-refractivity contribution in [2.24, 2.45) is 0 Å². The highest BCUT2D eigenvalue weighted by molar-refractivity contribution is 6.63. The third-order valence-electron chi connectivity index (χ3n) is 6.02. The Kier molecular flexibility index (Phi) is 4.23. The highest BCUT2D eigenvalue weighted by atomic mass is 16.7. The summed E-state index contributed by atoms with van der Waals surface area (Å²) in [5.41, 5.74) is 1.43. The van der Waals surface area contributed by atoms with Crippen molar-refractivity contribution in [1.29, 1.82) is 0 Å². The molecule has 4 nitrogen and oxygen atoms in total. The van der Waals surface area contributed by atoms with Gasteiger partial charge in [-0.05, 0) is 63.2 Å². The highest BCUT2D eigenvalue weighted by Crippen LogP contribution is 2.36.